The number of nitrogens with zero attached hydrogens (tertiary/aromatic N) is 4. The second-order valence-electron chi connectivity index (χ2n) is 3.75. The summed E-state index contributed by atoms with van der Waals surface area (Å²) in [6, 6.07) is 11.4. The lowest BCUT2D eigenvalue weighted by Gasteiger charge is -2.04. The minimum absolute atomic E-state index is 0.457. The lowest BCUT2D eigenvalue weighted by molar-refractivity contribution is 0.948. The van der Waals surface area contributed by atoms with Gasteiger partial charge in [-0.2, -0.15) is 10.4 Å². The molecule has 3 rings (SSSR count). The third-order valence-corrected chi connectivity index (χ3v) is 2.88. The van der Waals surface area contributed by atoms with E-state index in [1.54, 1.807) is 10.7 Å². The van der Waals surface area contributed by atoms with Crippen molar-refractivity contribution in [2.45, 2.75) is 0 Å². The first kappa shape index (κ1) is 10.8. The maximum absolute atomic E-state index is 8.97. The molecule has 4 nitrogen and oxygen atoms in total. The Bertz CT molecular complexity index is 770. The van der Waals surface area contributed by atoms with E-state index < -0.39 is 0 Å². The van der Waals surface area contributed by atoms with E-state index in [0.717, 1.165) is 11.3 Å². The van der Waals surface area contributed by atoms with E-state index in [0.29, 0.717) is 16.2 Å². The van der Waals surface area contributed by atoms with Gasteiger partial charge >= 0.3 is 0 Å². The molecule has 0 unspecified atom stereocenters. The largest absolute Gasteiger partial charge is 0.236 e. The van der Waals surface area contributed by atoms with Crippen molar-refractivity contribution in [1.82, 2.24) is 14.6 Å². The molecule has 2 aromatic heterocycles. The third kappa shape index (κ3) is 1.62. The van der Waals surface area contributed by atoms with E-state index in [2.05, 4.69) is 16.2 Å². The maximum atomic E-state index is 8.97. The Morgan fingerprint density at radius 2 is 2.17 bits per heavy atom. The average molecular weight is 255 g/mol. The second kappa shape index (κ2) is 4.13. The topological polar surface area (TPSA) is 54.0 Å². The van der Waals surface area contributed by atoms with E-state index in [-0.39, 0.29) is 0 Å². The molecule has 0 spiro atoms. The van der Waals surface area contributed by atoms with Gasteiger partial charge in [-0.25, -0.2) is 9.50 Å². The van der Waals surface area contributed by atoms with Crippen LogP contribution in [0.25, 0.3) is 16.9 Å². The number of fused-ring (bicyclic) bond motifs is 1. The van der Waals surface area contributed by atoms with E-state index in [9.17, 15) is 0 Å². The van der Waals surface area contributed by atoms with Crippen molar-refractivity contribution in [3.8, 4) is 17.3 Å². The molecule has 3 aromatic rings. The van der Waals surface area contributed by atoms with Gasteiger partial charge < -0.3 is 0 Å². The molecule has 0 aliphatic carbocycles. The lowest BCUT2D eigenvalue weighted by atomic mass is 10.1. The van der Waals surface area contributed by atoms with Crippen LogP contribution in [-0.2, 0) is 0 Å². The van der Waals surface area contributed by atoms with Crippen LogP contribution in [-0.4, -0.2) is 14.6 Å². The average Bonchev–Trinajstić information content (AvgIpc) is 2.81. The van der Waals surface area contributed by atoms with Crippen molar-refractivity contribution in [2.75, 3.05) is 0 Å². The Labute approximate surface area is 108 Å². The number of hydrogen-bond acceptors (Lipinski definition) is 3. The van der Waals surface area contributed by atoms with Gasteiger partial charge in [0.05, 0.1) is 11.9 Å². The van der Waals surface area contributed by atoms with Crippen LogP contribution in [0, 0.1) is 11.3 Å². The van der Waals surface area contributed by atoms with E-state index in [1.807, 2.05) is 30.3 Å². The summed E-state index contributed by atoms with van der Waals surface area (Å²) in [5, 5.41) is 13.8. The van der Waals surface area contributed by atoms with Crippen molar-refractivity contribution in [1.29, 1.82) is 5.26 Å². The molecule has 5 heteroatoms. The summed E-state index contributed by atoms with van der Waals surface area (Å²) in [4.78, 5) is 4.17. The van der Waals surface area contributed by atoms with Crippen molar-refractivity contribution in [3.05, 3.63) is 53.3 Å². The molecule has 0 aliphatic heterocycles. The maximum Gasteiger partial charge on any atom is 0.173 e. The molecule has 0 atom stereocenters. The molecule has 0 saturated heterocycles. The zero-order chi connectivity index (χ0) is 12.5. The molecule has 0 N–H and O–H groups in total. The highest BCUT2D eigenvalue weighted by atomic mass is 35.5. The predicted molar refractivity (Wildman–Crippen MR) is 68.1 cm³/mol. The quantitative estimate of drug-likeness (QED) is 0.671. The highest BCUT2D eigenvalue weighted by molar-refractivity contribution is 6.30. The normalized spacial score (nSPS) is 10.4. The van der Waals surface area contributed by atoms with Gasteiger partial charge in [-0.05, 0) is 18.2 Å². The minimum Gasteiger partial charge on any atom is -0.236 e. The van der Waals surface area contributed by atoms with E-state index in [4.69, 9.17) is 16.9 Å². The van der Waals surface area contributed by atoms with E-state index in [1.165, 1.54) is 6.20 Å². The second-order valence-corrected chi connectivity index (χ2v) is 4.18. The zero-order valence-electron chi connectivity index (χ0n) is 9.21. The first-order valence-electron chi connectivity index (χ1n) is 5.28. The Kier molecular flexibility index (Phi) is 2.47. The minimum atomic E-state index is 0.457. The van der Waals surface area contributed by atoms with Gasteiger partial charge in [0.1, 0.15) is 11.6 Å². The Balaban J connectivity index is 2.31. The highest BCUT2D eigenvalue weighted by Crippen LogP contribution is 2.23. The highest BCUT2D eigenvalue weighted by Gasteiger charge is 2.09. The molecule has 18 heavy (non-hydrogen) atoms. The summed E-state index contributed by atoms with van der Waals surface area (Å²) in [7, 11) is 0. The Hall–Kier alpha value is -2.38. The molecule has 0 bridgehead atoms. The molecule has 0 aliphatic rings. The first-order valence-corrected chi connectivity index (χ1v) is 5.66. The van der Waals surface area contributed by atoms with Crippen molar-refractivity contribution >= 4 is 17.2 Å². The zero-order valence-corrected chi connectivity index (χ0v) is 9.96. The standard InChI is InChI=1S/C13H7ClN4/c14-11-3-1-2-9(6-11)12-4-5-16-13-10(7-15)8-17-18(12)13/h1-6,8H. The van der Waals surface area contributed by atoms with Gasteiger partial charge in [0.25, 0.3) is 0 Å². The molecule has 0 fully saturated rings. The van der Waals surface area contributed by atoms with Crippen LogP contribution in [0.1, 0.15) is 5.56 Å². The molecule has 2 heterocycles. The molecule has 1 aromatic carbocycles. The summed E-state index contributed by atoms with van der Waals surface area (Å²) in [6.07, 6.45) is 3.17. The summed E-state index contributed by atoms with van der Waals surface area (Å²) in [5.41, 5.74) is 2.79. The van der Waals surface area contributed by atoms with Crippen LogP contribution < -0.4 is 0 Å². The van der Waals surface area contributed by atoms with Crippen molar-refractivity contribution in [3.63, 3.8) is 0 Å². The fraction of sp³-hybridized carbons (Fsp3) is 0. The summed E-state index contributed by atoms with van der Waals surface area (Å²) in [6.45, 7) is 0. The number of nitriles is 1. The van der Waals surface area contributed by atoms with Gasteiger partial charge in [0, 0.05) is 16.8 Å². The fourth-order valence-corrected chi connectivity index (χ4v) is 2.03. The fourth-order valence-electron chi connectivity index (χ4n) is 1.84. The third-order valence-electron chi connectivity index (χ3n) is 2.64. The molecular weight excluding hydrogens is 248 g/mol. The van der Waals surface area contributed by atoms with Crippen molar-refractivity contribution in [2.24, 2.45) is 0 Å². The summed E-state index contributed by atoms with van der Waals surface area (Å²) >= 11 is 5.98. The van der Waals surface area contributed by atoms with Gasteiger partial charge in [-0.15, -0.1) is 0 Å². The number of rotatable bonds is 1. The first-order chi connectivity index (χ1) is 8.79. The number of benzene rings is 1. The van der Waals surface area contributed by atoms with Gasteiger partial charge in [0.2, 0.25) is 0 Å². The molecule has 0 amide bonds. The number of hydrogen-bond donors (Lipinski definition) is 0. The molecular formula is C13H7ClN4. The van der Waals surface area contributed by atoms with Crippen LogP contribution in [0.5, 0.6) is 0 Å². The molecule has 0 radical (unpaired) electrons. The number of halogens is 1. The SMILES string of the molecule is N#Cc1cnn2c(-c3cccc(Cl)c3)ccnc12. The molecule has 0 saturated carbocycles. The Morgan fingerprint density at radius 1 is 1.28 bits per heavy atom. The van der Waals surface area contributed by atoms with E-state index >= 15 is 0 Å². The van der Waals surface area contributed by atoms with Crippen LogP contribution in [0.3, 0.4) is 0 Å². The van der Waals surface area contributed by atoms with Gasteiger partial charge in [-0.3, -0.25) is 0 Å². The lowest BCUT2D eigenvalue weighted by Crippen LogP contribution is -1.95. The predicted octanol–water partition coefficient (Wildman–Crippen LogP) is 2.92. The van der Waals surface area contributed by atoms with Crippen LogP contribution >= 0.6 is 11.6 Å². The summed E-state index contributed by atoms with van der Waals surface area (Å²) < 4.78 is 1.64. The van der Waals surface area contributed by atoms with Gasteiger partial charge in [0.15, 0.2) is 5.65 Å². The van der Waals surface area contributed by atoms with Crippen LogP contribution in [0.15, 0.2) is 42.7 Å². The monoisotopic (exact) mass is 254 g/mol. The summed E-state index contributed by atoms with van der Waals surface area (Å²) in [5.74, 6) is 0. The number of aromatic nitrogens is 3. The van der Waals surface area contributed by atoms with Gasteiger partial charge in [-0.1, -0.05) is 23.7 Å². The van der Waals surface area contributed by atoms with Crippen LogP contribution in [0.4, 0.5) is 0 Å². The smallest absolute Gasteiger partial charge is 0.173 e. The van der Waals surface area contributed by atoms with Crippen molar-refractivity contribution < 1.29 is 0 Å². The molecule has 86 valence electrons. The van der Waals surface area contributed by atoms with Crippen LogP contribution in [0.2, 0.25) is 5.02 Å². The Morgan fingerprint density at radius 3 is 2.94 bits per heavy atom.